The summed E-state index contributed by atoms with van der Waals surface area (Å²) in [5, 5.41) is 0. The third kappa shape index (κ3) is 4.34. The summed E-state index contributed by atoms with van der Waals surface area (Å²) in [5.41, 5.74) is 1.59. The number of methoxy groups -OCH3 is 1. The molecule has 1 aliphatic heterocycles. The van der Waals surface area contributed by atoms with Gasteiger partial charge in [0, 0.05) is 0 Å². The van der Waals surface area contributed by atoms with Gasteiger partial charge in [-0.2, -0.15) is 0 Å². The number of rotatable bonds is 5. The maximum Gasteiger partial charge on any atom is 0.270 e. The Morgan fingerprint density at radius 1 is 0.897 bits per heavy atom. The largest absolute Gasteiger partial charge is 0.497 e. The van der Waals surface area contributed by atoms with Crippen LogP contribution in [-0.4, -0.2) is 17.3 Å². The molecule has 6 heteroatoms. The SMILES string of the molecule is COc1ccc(N2C(=O)/C(=C/c3cccc(Oc4ccccc4)c3)SC2=S)cc1. The fourth-order valence-corrected chi connectivity index (χ4v) is 4.16. The Kier molecular flexibility index (Phi) is 5.64. The predicted molar refractivity (Wildman–Crippen MR) is 122 cm³/mol. The fraction of sp³-hybridized carbons (Fsp3) is 0.0435. The summed E-state index contributed by atoms with van der Waals surface area (Å²) < 4.78 is 11.6. The van der Waals surface area contributed by atoms with E-state index in [1.54, 1.807) is 7.11 Å². The molecule has 0 spiro atoms. The molecule has 0 unspecified atom stereocenters. The van der Waals surface area contributed by atoms with Gasteiger partial charge in [0.15, 0.2) is 4.32 Å². The molecule has 1 aliphatic rings. The standard InChI is InChI=1S/C23H17NO3S2/c1-26-18-12-10-17(11-13-18)24-22(25)21(29-23(24)28)15-16-6-5-9-20(14-16)27-19-7-3-2-4-8-19/h2-15H,1H3/b21-15-. The number of ether oxygens (including phenoxy) is 2. The van der Waals surface area contributed by atoms with Crippen LogP contribution in [0, 0.1) is 0 Å². The summed E-state index contributed by atoms with van der Waals surface area (Å²) >= 11 is 6.73. The number of amides is 1. The van der Waals surface area contributed by atoms with Gasteiger partial charge < -0.3 is 9.47 Å². The first-order valence-electron chi connectivity index (χ1n) is 8.89. The molecule has 29 heavy (non-hydrogen) atoms. The lowest BCUT2D eigenvalue weighted by Crippen LogP contribution is -2.27. The highest BCUT2D eigenvalue weighted by Crippen LogP contribution is 2.37. The number of nitrogens with zero attached hydrogens (tertiary/aromatic N) is 1. The van der Waals surface area contributed by atoms with E-state index in [1.807, 2.05) is 84.9 Å². The van der Waals surface area contributed by atoms with Crippen LogP contribution in [0.15, 0.2) is 83.8 Å². The number of thioether (sulfide) groups is 1. The van der Waals surface area contributed by atoms with Crippen molar-refractivity contribution in [2.75, 3.05) is 12.0 Å². The van der Waals surface area contributed by atoms with Crippen molar-refractivity contribution in [3.05, 3.63) is 89.3 Å². The van der Waals surface area contributed by atoms with E-state index in [0.717, 1.165) is 22.7 Å². The molecule has 3 aromatic carbocycles. The zero-order valence-electron chi connectivity index (χ0n) is 15.6. The Balaban J connectivity index is 1.56. The Hall–Kier alpha value is -3.09. The molecule has 4 rings (SSSR count). The highest BCUT2D eigenvalue weighted by molar-refractivity contribution is 8.27. The zero-order chi connectivity index (χ0) is 20.2. The summed E-state index contributed by atoms with van der Waals surface area (Å²) in [4.78, 5) is 15.0. The second kappa shape index (κ2) is 8.51. The van der Waals surface area contributed by atoms with E-state index >= 15 is 0 Å². The van der Waals surface area contributed by atoms with Crippen molar-refractivity contribution < 1.29 is 14.3 Å². The van der Waals surface area contributed by atoms with Crippen LogP contribution in [0.1, 0.15) is 5.56 Å². The minimum atomic E-state index is -0.139. The second-order valence-electron chi connectivity index (χ2n) is 6.20. The first kappa shape index (κ1) is 19.2. The first-order chi connectivity index (χ1) is 14.1. The van der Waals surface area contributed by atoms with Gasteiger partial charge in [0.05, 0.1) is 17.7 Å². The van der Waals surface area contributed by atoms with Gasteiger partial charge in [-0.3, -0.25) is 9.69 Å². The quantitative estimate of drug-likeness (QED) is 0.381. The minimum absolute atomic E-state index is 0.139. The Bertz CT molecular complexity index is 1080. The van der Waals surface area contributed by atoms with E-state index in [-0.39, 0.29) is 5.91 Å². The van der Waals surface area contributed by atoms with Gasteiger partial charge >= 0.3 is 0 Å². The van der Waals surface area contributed by atoms with Crippen LogP contribution in [-0.2, 0) is 4.79 Å². The van der Waals surface area contributed by atoms with E-state index in [0.29, 0.717) is 15.0 Å². The van der Waals surface area contributed by atoms with Crippen molar-refractivity contribution in [1.29, 1.82) is 0 Å². The number of thiocarbonyl (C=S) groups is 1. The maximum atomic E-state index is 12.9. The van der Waals surface area contributed by atoms with Gasteiger partial charge in [0.1, 0.15) is 17.2 Å². The van der Waals surface area contributed by atoms with Crippen LogP contribution in [0.5, 0.6) is 17.2 Å². The molecule has 1 fully saturated rings. The molecule has 0 aromatic heterocycles. The number of hydrogen-bond donors (Lipinski definition) is 0. The van der Waals surface area contributed by atoms with E-state index < -0.39 is 0 Å². The minimum Gasteiger partial charge on any atom is -0.497 e. The molecule has 0 saturated carbocycles. The van der Waals surface area contributed by atoms with E-state index in [1.165, 1.54) is 16.7 Å². The number of benzene rings is 3. The average Bonchev–Trinajstić information content (AvgIpc) is 3.02. The lowest BCUT2D eigenvalue weighted by Gasteiger charge is -2.14. The monoisotopic (exact) mass is 419 g/mol. The van der Waals surface area contributed by atoms with Crippen LogP contribution < -0.4 is 14.4 Å². The van der Waals surface area contributed by atoms with Crippen molar-refractivity contribution in [2.45, 2.75) is 0 Å². The molecule has 0 bridgehead atoms. The van der Waals surface area contributed by atoms with Crippen LogP contribution in [0.3, 0.4) is 0 Å². The number of carbonyl (C=O) groups is 1. The molecule has 4 nitrogen and oxygen atoms in total. The number of carbonyl (C=O) groups excluding carboxylic acids is 1. The number of para-hydroxylation sites is 1. The number of hydrogen-bond acceptors (Lipinski definition) is 5. The van der Waals surface area contributed by atoms with E-state index in [2.05, 4.69) is 0 Å². The Labute approximate surface area is 178 Å². The summed E-state index contributed by atoms with van der Waals surface area (Å²) in [6, 6.07) is 24.4. The summed E-state index contributed by atoms with van der Waals surface area (Å²) in [6.45, 7) is 0. The van der Waals surface area contributed by atoms with Gasteiger partial charge in [0.25, 0.3) is 5.91 Å². The normalized spacial score (nSPS) is 15.1. The van der Waals surface area contributed by atoms with Crippen molar-refractivity contribution in [3.8, 4) is 17.2 Å². The van der Waals surface area contributed by atoms with Crippen molar-refractivity contribution in [3.63, 3.8) is 0 Å². The van der Waals surface area contributed by atoms with Gasteiger partial charge in [-0.1, -0.05) is 54.3 Å². The molecule has 1 heterocycles. The first-order valence-corrected chi connectivity index (χ1v) is 10.1. The molecule has 144 valence electrons. The van der Waals surface area contributed by atoms with Crippen LogP contribution >= 0.6 is 24.0 Å². The highest BCUT2D eigenvalue weighted by Gasteiger charge is 2.33. The van der Waals surface area contributed by atoms with Crippen molar-refractivity contribution in [2.24, 2.45) is 0 Å². The topological polar surface area (TPSA) is 38.8 Å². The Morgan fingerprint density at radius 2 is 1.62 bits per heavy atom. The third-order valence-corrected chi connectivity index (χ3v) is 5.56. The average molecular weight is 420 g/mol. The molecule has 1 amide bonds. The molecule has 1 saturated heterocycles. The van der Waals surface area contributed by atoms with Crippen LogP contribution in [0.2, 0.25) is 0 Å². The molecular formula is C23H17NO3S2. The lowest BCUT2D eigenvalue weighted by atomic mass is 10.2. The molecule has 3 aromatic rings. The molecule has 0 radical (unpaired) electrons. The van der Waals surface area contributed by atoms with Gasteiger partial charge in [-0.25, -0.2) is 0 Å². The van der Waals surface area contributed by atoms with Crippen LogP contribution in [0.4, 0.5) is 5.69 Å². The maximum absolute atomic E-state index is 12.9. The lowest BCUT2D eigenvalue weighted by molar-refractivity contribution is -0.113. The molecule has 0 aliphatic carbocycles. The fourth-order valence-electron chi connectivity index (χ4n) is 2.87. The zero-order valence-corrected chi connectivity index (χ0v) is 17.2. The van der Waals surface area contributed by atoms with Gasteiger partial charge in [-0.05, 0) is 60.2 Å². The third-order valence-electron chi connectivity index (χ3n) is 4.26. The van der Waals surface area contributed by atoms with Gasteiger partial charge in [-0.15, -0.1) is 0 Å². The second-order valence-corrected chi connectivity index (χ2v) is 7.88. The molecule has 0 atom stereocenters. The summed E-state index contributed by atoms with van der Waals surface area (Å²) in [7, 11) is 1.60. The number of anilines is 1. The molecular weight excluding hydrogens is 402 g/mol. The predicted octanol–water partition coefficient (Wildman–Crippen LogP) is 5.89. The van der Waals surface area contributed by atoms with Crippen LogP contribution in [0.25, 0.3) is 6.08 Å². The van der Waals surface area contributed by atoms with E-state index in [4.69, 9.17) is 21.7 Å². The summed E-state index contributed by atoms with van der Waals surface area (Å²) in [6.07, 6.45) is 1.83. The van der Waals surface area contributed by atoms with Crippen molar-refractivity contribution >= 4 is 46.0 Å². The molecule has 0 N–H and O–H groups in total. The van der Waals surface area contributed by atoms with Crippen molar-refractivity contribution in [1.82, 2.24) is 0 Å². The Morgan fingerprint density at radius 3 is 2.34 bits per heavy atom. The van der Waals surface area contributed by atoms with Gasteiger partial charge in [0.2, 0.25) is 0 Å². The summed E-state index contributed by atoms with van der Waals surface area (Å²) in [5.74, 6) is 2.05. The van der Waals surface area contributed by atoms with E-state index in [9.17, 15) is 4.79 Å². The highest BCUT2D eigenvalue weighted by atomic mass is 32.2. The smallest absolute Gasteiger partial charge is 0.270 e.